The third-order valence-electron chi connectivity index (χ3n) is 8.19. The van der Waals surface area contributed by atoms with E-state index >= 15 is 0 Å². The molecule has 1 saturated carbocycles. The lowest BCUT2D eigenvalue weighted by atomic mass is 9.85. The fourth-order valence-corrected chi connectivity index (χ4v) is 6.35. The summed E-state index contributed by atoms with van der Waals surface area (Å²) in [7, 11) is 1.77. The molecule has 1 unspecified atom stereocenters. The molecule has 1 amide bonds. The van der Waals surface area contributed by atoms with Crippen LogP contribution in [0.25, 0.3) is 0 Å². The fourth-order valence-electron chi connectivity index (χ4n) is 6.35. The van der Waals surface area contributed by atoms with E-state index in [-0.39, 0.29) is 12.0 Å². The second-order valence-corrected chi connectivity index (χ2v) is 10.2. The molecule has 2 fully saturated rings. The Morgan fingerprint density at radius 3 is 2.42 bits per heavy atom. The summed E-state index contributed by atoms with van der Waals surface area (Å²) < 4.78 is 5.62. The molecule has 1 aliphatic carbocycles. The van der Waals surface area contributed by atoms with Crippen molar-refractivity contribution in [1.29, 1.82) is 0 Å². The second-order valence-electron chi connectivity index (χ2n) is 10.2. The summed E-state index contributed by atoms with van der Waals surface area (Å²) >= 11 is 0. The van der Waals surface area contributed by atoms with Crippen molar-refractivity contribution in [2.45, 2.75) is 69.7 Å². The maximum absolute atomic E-state index is 13.8. The number of benzene rings is 2. The number of anilines is 1. The van der Waals surface area contributed by atoms with Crippen molar-refractivity contribution in [1.82, 2.24) is 4.90 Å². The van der Waals surface area contributed by atoms with Gasteiger partial charge in [0, 0.05) is 24.2 Å². The van der Waals surface area contributed by atoms with Crippen molar-refractivity contribution >= 4 is 11.6 Å². The minimum Gasteiger partial charge on any atom is -0.496 e. The number of ether oxygens (including phenoxy) is 1. The number of nitrogens with zero attached hydrogens (tertiary/aromatic N) is 2. The van der Waals surface area contributed by atoms with Crippen LogP contribution in [-0.4, -0.2) is 43.6 Å². The Morgan fingerprint density at radius 2 is 1.64 bits per heavy atom. The molecule has 33 heavy (non-hydrogen) atoms. The van der Waals surface area contributed by atoms with Gasteiger partial charge in [0.05, 0.1) is 7.11 Å². The Kier molecular flexibility index (Phi) is 7.01. The van der Waals surface area contributed by atoms with Gasteiger partial charge >= 0.3 is 0 Å². The molecule has 176 valence electrons. The second kappa shape index (κ2) is 10.3. The summed E-state index contributed by atoms with van der Waals surface area (Å²) in [5, 5.41) is 0. The number of carbonyl (C=O) groups excluding carboxylic acids is 1. The van der Waals surface area contributed by atoms with Crippen molar-refractivity contribution in [3.8, 4) is 5.75 Å². The maximum Gasteiger partial charge on any atom is 0.230 e. The summed E-state index contributed by atoms with van der Waals surface area (Å²) in [4.78, 5) is 18.6. The highest BCUT2D eigenvalue weighted by molar-refractivity contribution is 5.97. The number of rotatable bonds is 5. The van der Waals surface area contributed by atoms with Gasteiger partial charge in [-0.2, -0.15) is 0 Å². The molecule has 2 aliphatic heterocycles. The maximum atomic E-state index is 13.8. The molecule has 3 aliphatic rings. The van der Waals surface area contributed by atoms with Gasteiger partial charge in [0.1, 0.15) is 5.75 Å². The van der Waals surface area contributed by atoms with Gasteiger partial charge in [-0.1, -0.05) is 55.7 Å². The summed E-state index contributed by atoms with van der Waals surface area (Å²) in [5.74, 6) is 2.17. The summed E-state index contributed by atoms with van der Waals surface area (Å²) in [5.41, 5.74) is 3.86. The molecular formula is C29H38N2O2. The Bertz CT molecular complexity index is 944. The number of piperidine rings is 1. The van der Waals surface area contributed by atoms with Crippen molar-refractivity contribution < 1.29 is 9.53 Å². The van der Waals surface area contributed by atoms with E-state index in [9.17, 15) is 4.79 Å². The number of amides is 1. The standard InChI is InChI=1S/C29H38N2O2/c1-33-28-14-8-6-12-26(28)22-17-19-30(20-18-22)21-25-16-15-23-9-5-7-13-27(23)31(25)29(32)24-10-3-2-4-11-24/h5-9,12-14,22,24-25H,2-4,10-11,15-21H2,1H3. The van der Waals surface area contributed by atoms with Crippen molar-refractivity contribution in [2.24, 2.45) is 5.92 Å². The first-order valence-corrected chi connectivity index (χ1v) is 13.0. The number of carbonyl (C=O) groups is 1. The summed E-state index contributed by atoms with van der Waals surface area (Å²) in [6, 6.07) is 17.4. The third-order valence-corrected chi connectivity index (χ3v) is 8.19. The van der Waals surface area contributed by atoms with Gasteiger partial charge in [0.15, 0.2) is 0 Å². The van der Waals surface area contributed by atoms with Crippen LogP contribution in [0.3, 0.4) is 0 Å². The smallest absolute Gasteiger partial charge is 0.230 e. The van der Waals surface area contributed by atoms with Crippen LogP contribution in [-0.2, 0) is 11.2 Å². The molecule has 5 rings (SSSR count). The summed E-state index contributed by atoms with van der Waals surface area (Å²) in [6.45, 7) is 3.17. The van der Waals surface area contributed by atoms with Crippen molar-refractivity contribution in [2.75, 3.05) is 31.6 Å². The van der Waals surface area contributed by atoms with E-state index in [2.05, 4.69) is 58.3 Å². The zero-order chi connectivity index (χ0) is 22.6. The molecule has 0 radical (unpaired) electrons. The predicted octanol–water partition coefficient (Wildman–Crippen LogP) is 5.80. The van der Waals surface area contributed by atoms with Crippen LogP contribution in [0.1, 0.15) is 68.4 Å². The Morgan fingerprint density at radius 1 is 0.909 bits per heavy atom. The molecule has 2 heterocycles. The topological polar surface area (TPSA) is 32.8 Å². The number of aryl methyl sites for hydroxylation is 1. The molecule has 0 bridgehead atoms. The van der Waals surface area contributed by atoms with E-state index in [0.29, 0.717) is 11.8 Å². The van der Waals surface area contributed by atoms with Gasteiger partial charge in [-0.25, -0.2) is 0 Å². The molecule has 2 aromatic rings. The SMILES string of the molecule is COc1ccccc1C1CCN(CC2CCc3ccccc3N2C(=O)C2CCCCC2)CC1. The minimum absolute atomic E-state index is 0.212. The van der Waals surface area contributed by atoms with E-state index in [0.717, 1.165) is 63.9 Å². The molecule has 0 spiro atoms. The van der Waals surface area contributed by atoms with Gasteiger partial charge in [-0.05, 0) is 80.8 Å². The first kappa shape index (κ1) is 22.5. The van der Waals surface area contributed by atoms with Crippen LogP contribution in [0.15, 0.2) is 48.5 Å². The Labute approximate surface area is 198 Å². The zero-order valence-corrected chi connectivity index (χ0v) is 20.0. The number of hydrogen-bond donors (Lipinski definition) is 0. The van der Waals surface area contributed by atoms with Crippen LogP contribution < -0.4 is 9.64 Å². The lowest BCUT2D eigenvalue weighted by Gasteiger charge is -2.43. The summed E-state index contributed by atoms with van der Waals surface area (Å²) in [6.07, 6.45) is 10.3. The van der Waals surface area contributed by atoms with Gasteiger partial charge in [-0.3, -0.25) is 4.79 Å². The van der Waals surface area contributed by atoms with E-state index in [1.165, 1.54) is 36.1 Å². The predicted molar refractivity (Wildman–Crippen MR) is 134 cm³/mol. The lowest BCUT2D eigenvalue weighted by molar-refractivity contribution is -0.124. The Hall–Kier alpha value is -2.33. The largest absolute Gasteiger partial charge is 0.496 e. The van der Waals surface area contributed by atoms with Gasteiger partial charge < -0.3 is 14.5 Å². The van der Waals surface area contributed by atoms with Gasteiger partial charge in [-0.15, -0.1) is 0 Å². The zero-order valence-electron chi connectivity index (χ0n) is 20.0. The minimum atomic E-state index is 0.212. The van der Waals surface area contributed by atoms with Crippen LogP contribution in [0.2, 0.25) is 0 Å². The monoisotopic (exact) mass is 446 g/mol. The number of hydrogen-bond acceptors (Lipinski definition) is 3. The average Bonchev–Trinajstić information content (AvgIpc) is 2.89. The quantitative estimate of drug-likeness (QED) is 0.582. The van der Waals surface area contributed by atoms with E-state index in [1.807, 2.05) is 0 Å². The molecule has 2 aromatic carbocycles. The third kappa shape index (κ3) is 4.82. The lowest BCUT2D eigenvalue weighted by Crippen LogP contribution is -2.52. The molecule has 1 saturated heterocycles. The van der Waals surface area contributed by atoms with E-state index in [1.54, 1.807) is 7.11 Å². The fraction of sp³-hybridized carbons (Fsp3) is 0.552. The normalized spacial score (nSPS) is 22.7. The van der Waals surface area contributed by atoms with E-state index in [4.69, 9.17) is 4.74 Å². The van der Waals surface area contributed by atoms with Crippen LogP contribution in [0.4, 0.5) is 5.69 Å². The first-order chi connectivity index (χ1) is 16.2. The average molecular weight is 447 g/mol. The van der Waals surface area contributed by atoms with Crippen LogP contribution in [0.5, 0.6) is 5.75 Å². The molecular weight excluding hydrogens is 408 g/mol. The first-order valence-electron chi connectivity index (χ1n) is 13.0. The van der Waals surface area contributed by atoms with Crippen LogP contribution in [0, 0.1) is 5.92 Å². The highest BCUT2D eigenvalue weighted by Crippen LogP contribution is 2.37. The molecule has 1 atom stereocenters. The number of fused-ring (bicyclic) bond motifs is 1. The van der Waals surface area contributed by atoms with Crippen molar-refractivity contribution in [3.05, 3.63) is 59.7 Å². The van der Waals surface area contributed by atoms with Crippen LogP contribution >= 0.6 is 0 Å². The van der Waals surface area contributed by atoms with Crippen molar-refractivity contribution in [3.63, 3.8) is 0 Å². The van der Waals surface area contributed by atoms with Gasteiger partial charge in [0.25, 0.3) is 0 Å². The highest BCUT2D eigenvalue weighted by Gasteiger charge is 2.36. The van der Waals surface area contributed by atoms with Gasteiger partial charge in [0.2, 0.25) is 5.91 Å². The van der Waals surface area contributed by atoms with E-state index < -0.39 is 0 Å². The highest BCUT2D eigenvalue weighted by atomic mass is 16.5. The molecule has 0 N–H and O–H groups in total. The number of methoxy groups -OCH3 is 1. The molecule has 0 aromatic heterocycles. The Balaban J connectivity index is 1.28. The number of para-hydroxylation sites is 2. The molecule has 4 heteroatoms. The molecule has 4 nitrogen and oxygen atoms in total. The number of likely N-dealkylation sites (tertiary alicyclic amines) is 1.